The van der Waals surface area contributed by atoms with Gasteiger partial charge in [-0.25, -0.2) is 5.01 Å². The fraction of sp³-hybridized carbons (Fsp3) is 0.429. The fourth-order valence-corrected chi connectivity index (χ4v) is 2.36. The van der Waals surface area contributed by atoms with Crippen LogP contribution in [0.15, 0.2) is 29.4 Å². The van der Waals surface area contributed by atoms with Gasteiger partial charge in [-0.15, -0.1) is 0 Å². The Kier molecular flexibility index (Phi) is 4.41. The largest absolute Gasteiger partial charge is 0.416 e. The number of aliphatic hydroxyl groups is 1. The van der Waals surface area contributed by atoms with Crippen LogP contribution in [0.5, 0.6) is 0 Å². The first-order valence-corrected chi connectivity index (χ1v) is 6.68. The van der Waals surface area contributed by atoms with Crippen molar-refractivity contribution in [2.24, 2.45) is 5.10 Å². The molecule has 0 aliphatic carbocycles. The molecule has 2 rings (SSSR count). The molecule has 1 atom stereocenters. The van der Waals surface area contributed by atoms with Gasteiger partial charge in [-0.05, 0) is 38.1 Å². The number of carbonyl (C=O) groups excluding carboxylic acids is 1. The van der Waals surface area contributed by atoms with Crippen molar-refractivity contribution in [3.63, 3.8) is 0 Å². The number of halogens is 3. The van der Waals surface area contributed by atoms with Crippen molar-refractivity contribution < 1.29 is 23.1 Å². The second kappa shape index (κ2) is 5.96. The lowest BCUT2D eigenvalue weighted by molar-refractivity contribution is -0.137. The minimum Gasteiger partial charge on any atom is -0.388 e. The first kappa shape index (κ1) is 16.3. The zero-order valence-electron chi connectivity index (χ0n) is 12.1. The van der Waals surface area contributed by atoms with E-state index in [1.807, 2.05) is 13.8 Å². The maximum absolute atomic E-state index is 12.6. The van der Waals surface area contributed by atoms with Crippen molar-refractivity contribution in [2.45, 2.75) is 32.2 Å². The summed E-state index contributed by atoms with van der Waals surface area (Å²) in [5.41, 5.74) is -0.427. The normalized spacial score (nSPS) is 18.9. The molecule has 0 saturated carbocycles. The van der Waals surface area contributed by atoms with Crippen molar-refractivity contribution in [1.29, 1.82) is 0 Å². The van der Waals surface area contributed by atoms with Crippen LogP contribution in [0.25, 0.3) is 0 Å². The van der Waals surface area contributed by atoms with Crippen LogP contribution < -0.4 is 5.01 Å². The summed E-state index contributed by atoms with van der Waals surface area (Å²) in [6.07, 6.45) is -4.57. The summed E-state index contributed by atoms with van der Waals surface area (Å²) >= 11 is 0. The number of benzene rings is 1. The number of hydrogen-bond donors (Lipinski definition) is 1. The number of hydrogen-bond acceptors (Lipinski definition) is 5. The lowest BCUT2D eigenvalue weighted by Crippen LogP contribution is -2.47. The summed E-state index contributed by atoms with van der Waals surface area (Å²) in [6, 6.07) is 4.27. The standard InChI is InChI=1S/C14H16F3N3O2/c1-9(2)19-12(7-21)18-20(13(19)8-22)11-5-3-10(4-6-11)14(15,16)17/h3-6,8-9,13,21H,7H2,1-2H3. The molecule has 1 aliphatic heterocycles. The number of rotatable bonds is 4. The molecule has 0 saturated heterocycles. The molecule has 0 amide bonds. The van der Waals surface area contributed by atoms with E-state index in [0.717, 1.165) is 12.1 Å². The van der Waals surface area contributed by atoms with Gasteiger partial charge in [0.15, 0.2) is 18.3 Å². The molecule has 0 fully saturated rings. The quantitative estimate of drug-likeness (QED) is 0.864. The van der Waals surface area contributed by atoms with Crippen LogP contribution in [0.2, 0.25) is 0 Å². The van der Waals surface area contributed by atoms with Crippen LogP contribution in [-0.4, -0.2) is 40.9 Å². The Morgan fingerprint density at radius 1 is 1.32 bits per heavy atom. The van der Waals surface area contributed by atoms with E-state index < -0.39 is 17.9 Å². The van der Waals surface area contributed by atoms with Crippen LogP contribution in [0, 0.1) is 0 Å². The molecule has 8 heteroatoms. The predicted octanol–water partition coefficient (Wildman–Crippen LogP) is 2.07. The molecule has 1 aromatic rings. The van der Waals surface area contributed by atoms with Gasteiger partial charge in [0, 0.05) is 6.04 Å². The summed E-state index contributed by atoms with van der Waals surface area (Å²) in [5.74, 6) is 0.298. The molecule has 22 heavy (non-hydrogen) atoms. The molecule has 1 heterocycles. The summed E-state index contributed by atoms with van der Waals surface area (Å²) in [5, 5.41) is 14.8. The number of anilines is 1. The number of alkyl halides is 3. The van der Waals surface area contributed by atoms with Gasteiger partial charge < -0.3 is 10.0 Å². The van der Waals surface area contributed by atoms with E-state index in [4.69, 9.17) is 0 Å². The highest BCUT2D eigenvalue weighted by Crippen LogP contribution is 2.32. The molecule has 1 N–H and O–H groups in total. The molecule has 5 nitrogen and oxygen atoms in total. The zero-order valence-corrected chi connectivity index (χ0v) is 12.1. The third-order valence-electron chi connectivity index (χ3n) is 3.34. The zero-order chi connectivity index (χ0) is 16.5. The Morgan fingerprint density at radius 2 is 1.91 bits per heavy atom. The van der Waals surface area contributed by atoms with Crippen LogP contribution in [0.3, 0.4) is 0 Å². The maximum atomic E-state index is 12.6. The monoisotopic (exact) mass is 315 g/mol. The number of hydrazone groups is 1. The highest BCUT2D eigenvalue weighted by molar-refractivity contribution is 5.91. The van der Waals surface area contributed by atoms with Crippen LogP contribution in [0.4, 0.5) is 18.9 Å². The first-order valence-electron chi connectivity index (χ1n) is 6.68. The Morgan fingerprint density at radius 3 is 2.32 bits per heavy atom. The van der Waals surface area contributed by atoms with Crippen LogP contribution in [-0.2, 0) is 11.0 Å². The van der Waals surface area contributed by atoms with Crippen LogP contribution >= 0.6 is 0 Å². The number of amidine groups is 1. The van der Waals surface area contributed by atoms with Gasteiger partial charge in [0.1, 0.15) is 6.61 Å². The van der Waals surface area contributed by atoms with E-state index in [-0.39, 0.29) is 12.6 Å². The van der Waals surface area contributed by atoms with Crippen molar-refractivity contribution in [3.05, 3.63) is 29.8 Å². The number of aldehydes is 1. The minimum atomic E-state index is -4.42. The van der Waals surface area contributed by atoms with E-state index >= 15 is 0 Å². The van der Waals surface area contributed by atoms with Gasteiger partial charge in [0.2, 0.25) is 0 Å². The SMILES string of the molecule is CC(C)N1C(CO)=NN(c2ccc(C(F)(F)F)cc2)C1C=O. The maximum Gasteiger partial charge on any atom is 0.416 e. The van der Waals surface area contributed by atoms with E-state index in [0.29, 0.717) is 17.8 Å². The van der Waals surface area contributed by atoms with Gasteiger partial charge in [-0.3, -0.25) is 4.79 Å². The van der Waals surface area contributed by atoms with E-state index in [9.17, 15) is 23.1 Å². The Hall–Kier alpha value is -2.09. The van der Waals surface area contributed by atoms with Crippen molar-refractivity contribution in [1.82, 2.24) is 4.90 Å². The molecular weight excluding hydrogens is 299 g/mol. The molecule has 1 unspecified atom stereocenters. The summed E-state index contributed by atoms with van der Waals surface area (Å²) < 4.78 is 37.8. The van der Waals surface area contributed by atoms with Crippen LogP contribution in [0.1, 0.15) is 19.4 Å². The van der Waals surface area contributed by atoms with Gasteiger partial charge in [0.25, 0.3) is 0 Å². The van der Waals surface area contributed by atoms with Crippen molar-refractivity contribution in [2.75, 3.05) is 11.6 Å². The van der Waals surface area contributed by atoms with Gasteiger partial charge in [0.05, 0.1) is 11.3 Å². The summed E-state index contributed by atoms with van der Waals surface area (Å²) in [7, 11) is 0. The molecule has 0 aromatic heterocycles. The lowest BCUT2D eigenvalue weighted by atomic mass is 10.2. The third kappa shape index (κ3) is 2.92. The molecule has 1 aromatic carbocycles. The smallest absolute Gasteiger partial charge is 0.388 e. The first-order chi connectivity index (χ1) is 10.3. The molecular formula is C14H16F3N3O2. The second-order valence-electron chi connectivity index (χ2n) is 5.11. The van der Waals surface area contributed by atoms with Crippen molar-refractivity contribution in [3.8, 4) is 0 Å². The van der Waals surface area contributed by atoms with E-state index in [2.05, 4.69) is 5.10 Å². The minimum absolute atomic E-state index is 0.0967. The topological polar surface area (TPSA) is 56.1 Å². The molecule has 0 bridgehead atoms. The molecule has 120 valence electrons. The molecule has 0 radical (unpaired) electrons. The van der Waals surface area contributed by atoms with Gasteiger partial charge in [-0.1, -0.05) is 0 Å². The molecule has 0 spiro atoms. The molecule has 1 aliphatic rings. The predicted molar refractivity (Wildman–Crippen MR) is 75.3 cm³/mol. The average Bonchev–Trinajstić information content (AvgIpc) is 2.85. The number of carbonyl (C=O) groups is 1. The van der Waals surface area contributed by atoms with Gasteiger partial charge >= 0.3 is 6.18 Å². The number of nitrogens with zero attached hydrogens (tertiary/aromatic N) is 3. The Balaban J connectivity index is 2.35. The summed E-state index contributed by atoms with van der Waals surface area (Å²) in [6.45, 7) is 3.30. The van der Waals surface area contributed by atoms with Crippen molar-refractivity contribution >= 4 is 17.8 Å². The highest BCUT2D eigenvalue weighted by Gasteiger charge is 2.36. The van der Waals surface area contributed by atoms with E-state index in [1.54, 1.807) is 4.90 Å². The van der Waals surface area contributed by atoms with Gasteiger partial charge in [-0.2, -0.15) is 18.3 Å². The Labute approximate surface area is 125 Å². The highest BCUT2D eigenvalue weighted by atomic mass is 19.4. The fourth-order valence-electron chi connectivity index (χ4n) is 2.36. The average molecular weight is 315 g/mol. The Bertz CT molecular complexity index is 570. The summed E-state index contributed by atoms with van der Waals surface area (Å²) in [4.78, 5) is 13.0. The van der Waals surface area contributed by atoms with E-state index in [1.165, 1.54) is 17.1 Å². The third-order valence-corrected chi connectivity index (χ3v) is 3.34. The second-order valence-corrected chi connectivity index (χ2v) is 5.11. The lowest BCUT2D eigenvalue weighted by Gasteiger charge is -2.30. The number of aliphatic hydroxyl groups excluding tert-OH is 1.